The Balaban J connectivity index is 2.06. The van der Waals surface area contributed by atoms with Gasteiger partial charge in [-0.2, -0.15) is 14.7 Å². The van der Waals surface area contributed by atoms with E-state index in [1.54, 1.807) is 18.0 Å². The van der Waals surface area contributed by atoms with Crippen LogP contribution in [0.25, 0.3) is 22.2 Å². The SMILES string of the molecule is COc1cccc(-n2nc3c(c(C)nn4cnnc34)c2C)c1. The van der Waals surface area contributed by atoms with Gasteiger partial charge in [-0.05, 0) is 26.0 Å². The number of methoxy groups -OCH3 is 1. The van der Waals surface area contributed by atoms with Crippen molar-refractivity contribution < 1.29 is 4.74 Å². The van der Waals surface area contributed by atoms with Gasteiger partial charge in [0.05, 0.1) is 29.6 Å². The van der Waals surface area contributed by atoms with Gasteiger partial charge in [0.15, 0.2) is 0 Å². The normalized spacial score (nSPS) is 11.4. The van der Waals surface area contributed by atoms with Crippen LogP contribution in [0.4, 0.5) is 0 Å². The Morgan fingerprint density at radius 3 is 2.82 bits per heavy atom. The van der Waals surface area contributed by atoms with Gasteiger partial charge in [0.2, 0.25) is 5.65 Å². The molecule has 0 aliphatic rings. The Hall–Kier alpha value is -2.96. The molecule has 0 saturated heterocycles. The van der Waals surface area contributed by atoms with E-state index in [-0.39, 0.29) is 0 Å². The Morgan fingerprint density at radius 1 is 1.14 bits per heavy atom. The molecule has 0 radical (unpaired) electrons. The molecule has 1 aromatic carbocycles. The van der Waals surface area contributed by atoms with Gasteiger partial charge < -0.3 is 4.74 Å². The molecule has 7 nitrogen and oxygen atoms in total. The molecule has 0 saturated carbocycles. The van der Waals surface area contributed by atoms with E-state index in [4.69, 9.17) is 9.84 Å². The second-order valence-corrected chi connectivity index (χ2v) is 5.11. The molecule has 0 spiro atoms. The summed E-state index contributed by atoms with van der Waals surface area (Å²) in [5.74, 6) is 0.791. The van der Waals surface area contributed by atoms with Gasteiger partial charge in [-0.3, -0.25) is 0 Å². The number of aromatic nitrogens is 6. The van der Waals surface area contributed by atoms with E-state index in [2.05, 4.69) is 15.3 Å². The average molecular weight is 294 g/mol. The van der Waals surface area contributed by atoms with Crippen LogP contribution in [-0.2, 0) is 0 Å². The Bertz CT molecular complexity index is 1000. The van der Waals surface area contributed by atoms with E-state index < -0.39 is 0 Å². The number of ether oxygens (including phenoxy) is 1. The zero-order valence-corrected chi connectivity index (χ0v) is 12.5. The van der Waals surface area contributed by atoms with Gasteiger partial charge in [0.25, 0.3) is 0 Å². The molecular weight excluding hydrogens is 280 g/mol. The van der Waals surface area contributed by atoms with E-state index in [1.807, 2.05) is 42.8 Å². The highest BCUT2D eigenvalue weighted by Crippen LogP contribution is 2.26. The third-order valence-electron chi connectivity index (χ3n) is 3.78. The molecule has 0 bridgehead atoms. The summed E-state index contributed by atoms with van der Waals surface area (Å²) < 4.78 is 8.83. The smallest absolute Gasteiger partial charge is 0.205 e. The van der Waals surface area contributed by atoms with Crippen LogP contribution in [0.2, 0.25) is 0 Å². The third kappa shape index (κ3) is 1.68. The molecule has 4 rings (SSSR count). The minimum Gasteiger partial charge on any atom is -0.497 e. The average Bonchev–Trinajstić information content (AvgIpc) is 3.12. The zero-order chi connectivity index (χ0) is 15.3. The van der Waals surface area contributed by atoms with Gasteiger partial charge >= 0.3 is 0 Å². The van der Waals surface area contributed by atoms with Crippen molar-refractivity contribution in [1.29, 1.82) is 0 Å². The molecule has 110 valence electrons. The predicted octanol–water partition coefficient (Wildman–Crippen LogP) is 2.09. The summed E-state index contributed by atoms with van der Waals surface area (Å²) in [7, 11) is 1.65. The summed E-state index contributed by atoms with van der Waals surface area (Å²) in [5, 5.41) is 18.2. The number of fused-ring (bicyclic) bond motifs is 3. The number of benzene rings is 1. The second kappa shape index (κ2) is 4.52. The maximum atomic E-state index is 5.29. The van der Waals surface area contributed by atoms with E-state index in [1.165, 1.54) is 0 Å². The summed E-state index contributed by atoms with van der Waals surface area (Å²) in [6, 6.07) is 7.79. The van der Waals surface area contributed by atoms with E-state index in [0.717, 1.165) is 33.7 Å². The quantitative estimate of drug-likeness (QED) is 0.566. The van der Waals surface area contributed by atoms with Crippen LogP contribution in [-0.4, -0.2) is 36.7 Å². The minimum absolute atomic E-state index is 0.658. The van der Waals surface area contributed by atoms with Crippen molar-refractivity contribution in [3.8, 4) is 11.4 Å². The van der Waals surface area contributed by atoms with Gasteiger partial charge in [-0.15, -0.1) is 10.2 Å². The number of hydrogen-bond donors (Lipinski definition) is 0. The molecule has 0 amide bonds. The molecular formula is C15H14N6O. The summed E-state index contributed by atoms with van der Waals surface area (Å²) in [4.78, 5) is 0. The lowest BCUT2D eigenvalue weighted by Crippen LogP contribution is -1.99. The lowest BCUT2D eigenvalue weighted by atomic mass is 10.2. The fraction of sp³-hybridized carbons (Fsp3) is 0.200. The molecule has 0 N–H and O–H groups in total. The summed E-state index contributed by atoms with van der Waals surface area (Å²) in [6.07, 6.45) is 1.58. The first-order chi connectivity index (χ1) is 10.7. The standard InChI is InChI=1S/C15H14N6O/c1-9-13-10(2)21(11-5-4-6-12(7-11)22-3)19-14(13)15-17-16-8-20(15)18-9/h4-8H,1-3H3. The molecule has 22 heavy (non-hydrogen) atoms. The predicted molar refractivity (Wildman–Crippen MR) is 81.4 cm³/mol. The first-order valence-electron chi connectivity index (χ1n) is 6.89. The van der Waals surface area contributed by atoms with Crippen LogP contribution in [0, 0.1) is 13.8 Å². The van der Waals surface area contributed by atoms with Crippen LogP contribution < -0.4 is 4.74 Å². The Labute approximate surface area is 126 Å². The van der Waals surface area contributed by atoms with Crippen LogP contribution in [0.1, 0.15) is 11.4 Å². The Morgan fingerprint density at radius 2 is 2.00 bits per heavy atom. The highest BCUT2D eigenvalue weighted by atomic mass is 16.5. The number of nitrogens with zero attached hydrogens (tertiary/aromatic N) is 6. The molecule has 3 aromatic heterocycles. The van der Waals surface area contributed by atoms with E-state index in [9.17, 15) is 0 Å². The van der Waals surface area contributed by atoms with E-state index in [0.29, 0.717) is 5.65 Å². The van der Waals surface area contributed by atoms with Crippen molar-refractivity contribution in [1.82, 2.24) is 29.6 Å². The molecule has 4 aromatic rings. The van der Waals surface area contributed by atoms with Crippen LogP contribution in [0.15, 0.2) is 30.6 Å². The van der Waals surface area contributed by atoms with Gasteiger partial charge in [0.1, 0.15) is 17.6 Å². The van der Waals surface area contributed by atoms with Crippen LogP contribution >= 0.6 is 0 Å². The van der Waals surface area contributed by atoms with Gasteiger partial charge in [0, 0.05) is 6.07 Å². The largest absolute Gasteiger partial charge is 0.497 e. The summed E-state index contributed by atoms with van der Waals surface area (Å²) in [5.41, 5.74) is 4.30. The fourth-order valence-corrected chi connectivity index (χ4v) is 2.76. The highest BCUT2D eigenvalue weighted by Gasteiger charge is 2.17. The van der Waals surface area contributed by atoms with Crippen LogP contribution in [0.5, 0.6) is 5.75 Å². The molecule has 0 fully saturated rings. The van der Waals surface area contributed by atoms with Crippen LogP contribution in [0.3, 0.4) is 0 Å². The van der Waals surface area contributed by atoms with Crippen molar-refractivity contribution in [3.63, 3.8) is 0 Å². The fourth-order valence-electron chi connectivity index (χ4n) is 2.76. The molecule has 0 atom stereocenters. The monoisotopic (exact) mass is 294 g/mol. The van der Waals surface area contributed by atoms with Gasteiger partial charge in [-0.1, -0.05) is 6.07 Å². The summed E-state index contributed by atoms with van der Waals surface area (Å²) >= 11 is 0. The molecule has 0 unspecified atom stereocenters. The van der Waals surface area contributed by atoms with Crippen molar-refractivity contribution >= 4 is 16.6 Å². The van der Waals surface area contributed by atoms with Gasteiger partial charge in [-0.25, -0.2) is 4.68 Å². The van der Waals surface area contributed by atoms with Crippen molar-refractivity contribution in [3.05, 3.63) is 42.0 Å². The minimum atomic E-state index is 0.658. The topological polar surface area (TPSA) is 70.1 Å². The first-order valence-corrected chi connectivity index (χ1v) is 6.89. The number of rotatable bonds is 2. The van der Waals surface area contributed by atoms with E-state index >= 15 is 0 Å². The highest BCUT2D eigenvalue weighted by molar-refractivity contribution is 5.93. The zero-order valence-electron chi connectivity index (χ0n) is 12.5. The first kappa shape index (κ1) is 12.8. The van der Waals surface area contributed by atoms with Crippen molar-refractivity contribution in [2.75, 3.05) is 7.11 Å². The summed E-state index contributed by atoms with van der Waals surface area (Å²) in [6.45, 7) is 3.99. The number of hydrogen-bond acceptors (Lipinski definition) is 5. The molecule has 7 heteroatoms. The maximum Gasteiger partial charge on any atom is 0.205 e. The third-order valence-corrected chi connectivity index (χ3v) is 3.78. The second-order valence-electron chi connectivity index (χ2n) is 5.11. The molecule has 0 aliphatic heterocycles. The molecule has 0 aliphatic carbocycles. The lowest BCUT2D eigenvalue weighted by Gasteiger charge is -2.06. The Kier molecular flexibility index (Phi) is 2.62. The lowest BCUT2D eigenvalue weighted by molar-refractivity contribution is 0.414. The van der Waals surface area contributed by atoms with Crippen molar-refractivity contribution in [2.24, 2.45) is 0 Å². The van der Waals surface area contributed by atoms with Crippen molar-refractivity contribution in [2.45, 2.75) is 13.8 Å². The maximum absolute atomic E-state index is 5.29. The molecule has 3 heterocycles. The number of aryl methyl sites for hydroxylation is 2.